The second-order valence-electron chi connectivity index (χ2n) is 5.05. The average molecular weight is 249 g/mol. The Kier molecular flexibility index (Phi) is 6.99. The third kappa shape index (κ3) is 4.11. The van der Waals surface area contributed by atoms with Crippen LogP contribution >= 0.6 is 0 Å². The molecule has 2 nitrogen and oxygen atoms in total. The van der Waals surface area contributed by atoms with Gasteiger partial charge in [-0.3, -0.25) is 0 Å². The first-order chi connectivity index (χ1) is 8.74. The van der Waals surface area contributed by atoms with Gasteiger partial charge in [-0.15, -0.1) is 0 Å². The van der Waals surface area contributed by atoms with Gasteiger partial charge in [0, 0.05) is 12.5 Å². The predicted molar refractivity (Wildman–Crippen MR) is 77.6 cm³/mol. The summed E-state index contributed by atoms with van der Waals surface area (Å²) in [5, 5.41) is 10.6. The molecule has 18 heavy (non-hydrogen) atoms. The molecule has 3 atom stereocenters. The molecule has 0 aliphatic heterocycles. The first-order valence-electron chi connectivity index (χ1n) is 7.17. The minimum Gasteiger partial charge on any atom is -0.392 e. The summed E-state index contributed by atoms with van der Waals surface area (Å²) in [6.07, 6.45) is 4.15. The van der Waals surface area contributed by atoms with Crippen molar-refractivity contribution in [3.63, 3.8) is 0 Å². The zero-order chi connectivity index (χ0) is 13.4. The number of hydrogen-bond acceptors (Lipinski definition) is 2. The van der Waals surface area contributed by atoms with Gasteiger partial charge in [-0.1, -0.05) is 63.4 Å². The second-order valence-corrected chi connectivity index (χ2v) is 5.05. The Bertz CT molecular complexity index is 312. The van der Waals surface area contributed by atoms with Gasteiger partial charge >= 0.3 is 0 Å². The highest BCUT2D eigenvalue weighted by atomic mass is 16.3. The van der Waals surface area contributed by atoms with Crippen LogP contribution in [0.3, 0.4) is 0 Å². The summed E-state index contributed by atoms with van der Waals surface area (Å²) in [4.78, 5) is 0. The van der Waals surface area contributed by atoms with Crippen LogP contribution in [0.25, 0.3) is 0 Å². The number of unbranched alkanes of at least 4 members (excludes halogenated alkanes) is 1. The summed E-state index contributed by atoms with van der Waals surface area (Å²) >= 11 is 0. The van der Waals surface area contributed by atoms with E-state index < -0.39 is 0 Å². The summed E-state index contributed by atoms with van der Waals surface area (Å²) < 4.78 is 0. The molecule has 0 bridgehead atoms. The van der Waals surface area contributed by atoms with E-state index >= 15 is 0 Å². The van der Waals surface area contributed by atoms with Gasteiger partial charge in [-0.05, 0) is 17.9 Å². The van der Waals surface area contributed by atoms with Gasteiger partial charge in [-0.25, -0.2) is 0 Å². The summed E-state index contributed by atoms with van der Waals surface area (Å²) in [6.45, 7) is 4.85. The van der Waals surface area contributed by atoms with Crippen molar-refractivity contribution < 1.29 is 5.11 Å². The van der Waals surface area contributed by atoms with Crippen molar-refractivity contribution in [2.24, 2.45) is 11.7 Å². The molecule has 3 N–H and O–H groups in total. The highest BCUT2D eigenvalue weighted by Crippen LogP contribution is 2.28. The molecule has 0 saturated carbocycles. The molecule has 1 rings (SSSR count). The zero-order valence-corrected chi connectivity index (χ0v) is 11.7. The maximum absolute atomic E-state index is 10.6. The summed E-state index contributed by atoms with van der Waals surface area (Å²) in [6, 6.07) is 10.1. The molecule has 0 radical (unpaired) electrons. The molecule has 0 aliphatic rings. The minimum absolute atomic E-state index is 0.0630. The van der Waals surface area contributed by atoms with E-state index in [-0.39, 0.29) is 12.0 Å². The topological polar surface area (TPSA) is 46.2 Å². The van der Waals surface area contributed by atoms with Crippen molar-refractivity contribution in [3.8, 4) is 0 Å². The van der Waals surface area contributed by atoms with Crippen LogP contribution in [0.15, 0.2) is 30.3 Å². The van der Waals surface area contributed by atoms with Crippen molar-refractivity contribution in [1.82, 2.24) is 0 Å². The molecule has 0 heterocycles. The van der Waals surface area contributed by atoms with Crippen LogP contribution < -0.4 is 5.73 Å². The first-order valence-corrected chi connectivity index (χ1v) is 7.17. The molecular weight excluding hydrogens is 222 g/mol. The van der Waals surface area contributed by atoms with Crippen molar-refractivity contribution in [1.29, 1.82) is 0 Å². The second kappa shape index (κ2) is 8.28. The molecule has 0 fully saturated rings. The quantitative estimate of drug-likeness (QED) is 0.742. The van der Waals surface area contributed by atoms with Crippen molar-refractivity contribution in [2.45, 2.75) is 51.6 Å². The normalized spacial score (nSPS) is 16.2. The molecule has 3 unspecified atom stereocenters. The van der Waals surface area contributed by atoms with E-state index in [1.807, 2.05) is 18.2 Å². The van der Waals surface area contributed by atoms with Crippen LogP contribution in [0.2, 0.25) is 0 Å². The van der Waals surface area contributed by atoms with E-state index in [0.717, 1.165) is 18.4 Å². The Hall–Kier alpha value is -0.860. The van der Waals surface area contributed by atoms with Gasteiger partial charge in [0.05, 0.1) is 6.10 Å². The summed E-state index contributed by atoms with van der Waals surface area (Å²) in [5.41, 5.74) is 7.02. The zero-order valence-electron chi connectivity index (χ0n) is 11.7. The van der Waals surface area contributed by atoms with Crippen LogP contribution in [0.5, 0.6) is 0 Å². The lowest BCUT2D eigenvalue weighted by molar-refractivity contribution is 0.0743. The van der Waals surface area contributed by atoms with Gasteiger partial charge in [0.25, 0.3) is 0 Å². The molecule has 1 aromatic carbocycles. The number of aliphatic hydroxyl groups is 1. The molecule has 2 heteroatoms. The van der Waals surface area contributed by atoms with Crippen LogP contribution in [-0.2, 0) is 0 Å². The number of benzene rings is 1. The van der Waals surface area contributed by atoms with Crippen LogP contribution in [-0.4, -0.2) is 17.8 Å². The van der Waals surface area contributed by atoms with E-state index in [4.69, 9.17) is 5.73 Å². The van der Waals surface area contributed by atoms with E-state index in [1.54, 1.807) is 0 Å². The average Bonchev–Trinajstić information content (AvgIpc) is 2.42. The molecule has 0 aromatic heterocycles. The fraction of sp³-hybridized carbons (Fsp3) is 0.625. The standard InChI is InChI=1S/C16H27NO/c1-3-5-9-13(4-2)16(18)15(12-17)14-10-7-6-8-11-14/h6-8,10-11,13,15-16,18H,3-5,9,12,17H2,1-2H3. The number of aliphatic hydroxyl groups excluding tert-OH is 1. The van der Waals surface area contributed by atoms with Gasteiger partial charge in [0.2, 0.25) is 0 Å². The Morgan fingerprint density at radius 1 is 1.17 bits per heavy atom. The summed E-state index contributed by atoms with van der Waals surface area (Å²) in [7, 11) is 0. The van der Waals surface area contributed by atoms with Crippen LogP contribution in [0.1, 0.15) is 51.0 Å². The molecule has 0 spiro atoms. The highest BCUT2D eigenvalue weighted by molar-refractivity contribution is 5.21. The van der Waals surface area contributed by atoms with Crippen molar-refractivity contribution in [3.05, 3.63) is 35.9 Å². The van der Waals surface area contributed by atoms with Gasteiger partial charge in [-0.2, -0.15) is 0 Å². The van der Waals surface area contributed by atoms with Crippen molar-refractivity contribution in [2.75, 3.05) is 6.54 Å². The third-order valence-corrected chi connectivity index (χ3v) is 3.83. The molecule has 102 valence electrons. The first kappa shape index (κ1) is 15.2. The Labute approximate surface area is 111 Å². The fourth-order valence-corrected chi connectivity index (χ4v) is 2.58. The van der Waals surface area contributed by atoms with E-state index in [2.05, 4.69) is 26.0 Å². The molecular formula is C16H27NO. The third-order valence-electron chi connectivity index (χ3n) is 3.83. The van der Waals surface area contributed by atoms with E-state index in [1.165, 1.54) is 12.8 Å². The Morgan fingerprint density at radius 3 is 2.33 bits per heavy atom. The predicted octanol–water partition coefficient (Wildman–Crippen LogP) is 3.31. The Morgan fingerprint density at radius 2 is 1.83 bits per heavy atom. The lowest BCUT2D eigenvalue weighted by Gasteiger charge is -2.29. The van der Waals surface area contributed by atoms with E-state index in [0.29, 0.717) is 12.5 Å². The maximum atomic E-state index is 10.6. The SMILES string of the molecule is CCCCC(CC)C(O)C(CN)c1ccccc1. The molecule has 0 amide bonds. The van der Waals surface area contributed by atoms with E-state index in [9.17, 15) is 5.11 Å². The molecule has 0 saturated heterocycles. The van der Waals surface area contributed by atoms with Gasteiger partial charge in [0.1, 0.15) is 0 Å². The highest BCUT2D eigenvalue weighted by Gasteiger charge is 2.26. The largest absolute Gasteiger partial charge is 0.392 e. The van der Waals surface area contributed by atoms with Gasteiger partial charge in [0.15, 0.2) is 0 Å². The van der Waals surface area contributed by atoms with Gasteiger partial charge < -0.3 is 10.8 Å². The summed E-state index contributed by atoms with van der Waals surface area (Å²) in [5.74, 6) is 0.423. The lowest BCUT2D eigenvalue weighted by Crippen LogP contribution is -2.32. The van der Waals surface area contributed by atoms with Crippen LogP contribution in [0.4, 0.5) is 0 Å². The maximum Gasteiger partial charge on any atom is 0.0648 e. The van der Waals surface area contributed by atoms with Crippen molar-refractivity contribution >= 4 is 0 Å². The Balaban J connectivity index is 2.74. The number of hydrogen-bond donors (Lipinski definition) is 2. The number of rotatable bonds is 8. The number of nitrogens with two attached hydrogens (primary N) is 1. The molecule has 1 aromatic rings. The monoisotopic (exact) mass is 249 g/mol. The smallest absolute Gasteiger partial charge is 0.0648 e. The fourth-order valence-electron chi connectivity index (χ4n) is 2.58. The van der Waals surface area contributed by atoms with Crippen LogP contribution in [0, 0.1) is 5.92 Å². The lowest BCUT2D eigenvalue weighted by atomic mass is 9.82. The minimum atomic E-state index is -0.325. The molecule has 0 aliphatic carbocycles.